The van der Waals surface area contributed by atoms with Gasteiger partial charge in [-0.25, -0.2) is 9.97 Å². The van der Waals surface area contributed by atoms with E-state index in [4.69, 9.17) is 0 Å². The Bertz CT molecular complexity index is 257. The van der Waals surface area contributed by atoms with Gasteiger partial charge in [0.15, 0.2) is 0 Å². The average molecular weight is 239 g/mol. The Morgan fingerprint density at radius 1 is 1.06 bits per heavy atom. The third-order valence-electron chi connectivity index (χ3n) is 1.28. The molecule has 0 bridgehead atoms. The van der Waals surface area contributed by atoms with Crippen LogP contribution in [0, 0.1) is 6.92 Å². The molecule has 1 aromatic heterocycles. The number of aromatic nitrogens is 2. The molecule has 1 N–H and O–H groups in total. The maximum Gasteiger partial charge on any atom is 0.136 e. The van der Waals surface area contributed by atoms with E-state index in [1.54, 1.807) is 6.20 Å². The van der Waals surface area contributed by atoms with Crippen molar-refractivity contribution in [2.75, 3.05) is 5.32 Å². The lowest BCUT2D eigenvalue weighted by atomic mass is 10.3. The van der Waals surface area contributed by atoms with Crippen LogP contribution in [0.15, 0.2) is 24.8 Å². The summed E-state index contributed by atoms with van der Waals surface area (Å²) >= 11 is 0. The van der Waals surface area contributed by atoms with Gasteiger partial charge in [-0.2, -0.15) is 0 Å². The Kier molecular flexibility index (Phi) is 24.8. The van der Waals surface area contributed by atoms with E-state index >= 15 is 0 Å². The van der Waals surface area contributed by atoms with E-state index in [1.165, 1.54) is 6.33 Å². The molecular formula is C14H29N3. The molecule has 1 heterocycles. The minimum absolute atomic E-state index is 0.859. The number of allylic oxidation sites excluding steroid dienone is 1. The third kappa shape index (κ3) is 12.6. The predicted octanol–water partition coefficient (Wildman–Crippen LogP) is 4.81. The summed E-state index contributed by atoms with van der Waals surface area (Å²) < 4.78 is 0. The molecule has 0 spiro atoms. The molecule has 3 nitrogen and oxygen atoms in total. The highest BCUT2D eigenvalue weighted by atomic mass is 15.0. The van der Waals surface area contributed by atoms with E-state index in [9.17, 15) is 0 Å². The summed E-state index contributed by atoms with van der Waals surface area (Å²) in [5.41, 5.74) is 1.05. The third-order valence-corrected chi connectivity index (χ3v) is 1.28. The van der Waals surface area contributed by atoms with Crippen molar-refractivity contribution in [3.63, 3.8) is 0 Å². The quantitative estimate of drug-likeness (QED) is 0.805. The second-order valence-electron chi connectivity index (χ2n) is 2.20. The summed E-state index contributed by atoms with van der Waals surface area (Å²) in [6.45, 7) is 15.9. The molecule has 0 atom stereocenters. The predicted molar refractivity (Wildman–Crippen MR) is 79.2 cm³/mol. The first-order chi connectivity index (χ1) is 8.34. The van der Waals surface area contributed by atoms with Crippen LogP contribution in [0.5, 0.6) is 0 Å². The Hall–Kier alpha value is -1.38. The Balaban J connectivity index is -0.000000285. The molecule has 100 valence electrons. The van der Waals surface area contributed by atoms with Gasteiger partial charge in [0.2, 0.25) is 0 Å². The van der Waals surface area contributed by atoms with Gasteiger partial charge in [-0.1, -0.05) is 47.6 Å². The van der Waals surface area contributed by atoms with Crippen molar-refractivity contribution in [2.45, 2.75) is 55.4 Å². The van der Waals surface area contributed by atoms with Crippen molar-refractivity contribution in [2.24, 2.45) is 0 Å². The number of nitrogens with one attached hydrogen (secondary N) is 1. The van der Waals surface area contributed by atoms with Gasteiger partial charge in [0.1, 0.15) is 12.1 Å². The smallest absolute Gasteiger partial charge is 0.136 e. The lowest BCUT2D eigenvalue weighted by Gasteiger charge is -2.00. The number of rotatable bonds is 2. The largest absolute Gasteiger partial charge is 0.347 e. The van der Waals surface area contributed by atoms with Crippen molar-refractivity contribution in [1.82, 2.24) is 9.97 Å². The fourth-order valence-corrected chi connectivity index (χ4v) is 0.713. The zero-order chi connectivity index (χ0) is 14.1. The maximum absolute atomic E-state index is 4.04. The van der Waals surface area contributed by atoms with Gasteiger partial charge < -0.3 is 5.32 Å². The molecule has 0 aliphatic carbocycles. The van der Waals surface area contributed by atoms with E-state index in [1.807, 2.05) is 67.7 Å². The van der Waals surface area contributed by atoms with E-state index in [0.29, 0.717) is 0 Å². The van der Waals surface area contributed by atoms with Gasteiger partial charge in [-0.3, -0.25) is 0 Å². The van der Waals surface area contributed by atoms with Crippen LogP contribution in [0.2, 0.25) is 0 Å². The fraction of sp³-hybridized carbons (Fsp3) is 0.571. The van der Waals surface area contributed by atoms with Crippen molar-refractivity contribution in [1.29, 1.82) is 0 Å². The molecule has 0 fully saturated rings. The van der Waals surface area contributed by atoms with E-state index < -0.39 is 0 Å². The number of hydrogen-bond donors (Lipinski definition) is 1. The van der Waals surface area contributed by atoms with Crippen molar-refractivity contribution in [3.05, 3.63) is 30.4 Å². The summed E-state index contributed by atoms with van der Waals surface area (Å²) in [4.78, 5) is 7.92. The molecule has 0 unspecified atom stereocenters. The first kappa shape index (κ1) is 21.0. The Morgan fingerprint density at radius 2 is 1.59 bits per heavy atom. The second kappa shape index (κ2) is 20.1. The topological polar surface area (TPSA) is 37.8 Å². The van der Waals surface area contributed by atoms with Crippen LogP contribution in [0.3, 0.4) is 0 Å². The second-order valence-corrected chi connectivity index (χ2v) is 2.20. The molecule has 0 aromatic carbocycles. The van der Waals surface area contributed by atoms with Crippen LogP contribution in [0.1, 0.15) is 54.0 Å². The van der Waals surface area contributed by atoms with Gasteiger partial charge in [0.05, 0.1) is 0 Å². The molecular weight excluding hydrogens is 210 g/mol. The molecule has 1 rings (SSSR count). The molecule has 17 heavy (non-hydrogen) atoms. The molecule has 0 amide bonds. The minimum atomic E-state index is 0.859. The maximum atomic E-state index is 4.04. The SMILES string of the molecule is C/C=C\Nc1ncncc1C.CC.CC.CC. The lowest BCUT2D eigenvalue weighted by molar-refractivity contribution is 1.13. The Morgan fingerprint density at radius 3 is 2.00 bits per heavy atom. The van der Waals surface area contributed by atoms with E-state index in [2.05, 4.69) is 15.3 Å². The molecule has 0 radical (unpaired) electrons. The van der Waals surface area contributed by atoms with Crippen LogP contribution in [-0.2, 0) is 0 Å². The highest BCUT2D eigenvalue weighted by Crippen LogP contribution is 2.06. The first-order valence-corrected chi connectivity index (χ1v) is 6.49. The average Bonchev–Trinajstić information content (AvgIpc) is 2.45. The number of nitrogens with zero attached hydrogens (tertiary/aromatic N) is 2. The Labute approximate surface area is 107 Å². The normalized spacial score (nSPS) is 7.76. The summed E-state index contributed by atoms with van der Waals surface area (Å²) in [6, 6.07) is 0. The number of aryl methyl sites for hydroxylation is 1. The van der Waals surface area contributed by atoms with E-state index in [0.717, 1.165) is 11.4 Å². The minimum Gasteiger partial charge on any atom is -0.347 e. The molecule has 0 saturated heterocycles. The first-order valence-electron chi connectivity index (χ1n) is 6.49. The molecule has 1 aromatic rings. The zero-order valence-corrected chi connectivity index (χ0v) is 12.7. The van der Waals surface area contributed by atoms with Crippen LogP contribution in [0.4, 0.5) is 5.82 Å². The standard InChI is InChI=1S/C8H11N3.3C2H6/c1-3-4-10-8-7(2)5-9-6-11-8;3*1-2/h3-6H,1-2H3,(H,9,10,11);3*1-2H3/b4-3-;;;. The summed E-state index contributed by atoms with van der Waals surface area (Å²) in [6.07, 6.45) is 7.06. The number of anilines is 1. The molecule has 0 aliphatic rings. The van der Waals surface area contributed by atoms with Gasteiger partial charge >= 0.3 is 0 Å². The molecule has 0 aliphatic heterocycles. The lowest BCUT2D eigenvalue weighted by Crippen LogP contribution is -1.94. The van der Waals surface area contributed by atoms with Gasteiger partial charge in [-0.05, 0) is 20.0 Å². The zero-order valence-electron chi connectivity index (χ0n) is 12.7. The van der Waals surface area contributed by atoms with Crippen LogP contribution in [-0.4, -0.2) is 9.97 Å². The highest BCUT2D eigenvalue weighted by Gasteiger charge is 1.93. The van der Waals surface area contributed by atoms with E-state index in [-0.39, 0.29) is 0 Å². The summed E-state index contributed by atoms with van der Waals surface area (Å²) in [5, 5.41) is 3.03. The monoisotopic (exact) mass is 239 g/mol. The van der Waals surface area contributed by atoms with Crippen LogP contribution in [0.25, 0.3) is 0 Å². The summed E-state index contributed by atoms with van der Waals surface area (Å²) in [5.74, 6) is 0.859. The fourth-order valence-electron chi connectivity index (χ4n) is 0.713. The number of hydrogen-bond acceptors (Lipinski definition) is 3. The highest BCUT2D eigenvalue weighted by molar-refractivity contribution is 5.43. The van der Waals surface area contributed by atoms with Crippen LogP contribution >= 0.6 is 0 Å². The van der Waals surface area contributed by atoms with Gasteiger partial charge in [0.25, 0.3) is 0 Å². The van der Waals surface area contributed by atoms with Crippen molar-refractivity contribution in [3.8, 4) is 0 Å². The summed E-state index contributed by atoms with van der Waals surface area (Å²) in [7, 11) is 0. The molecule has 3 heteroatoms. The van der Waals surface area contributed by atoms with Crippen molar-refractivity contribution < 1.29 is 0 Å². The van der Waals surface area contributed by atoms with Crippen LogP contribution < -0.4 is 5.32 Å². The van der Waals surface area contributed by atoms with Gasteiger partial charge in [-0.15, -0.1) is 0 Å². The molecule has 0 saturated carbocycles. The van der Waals surface area contributed by atoms with Crippen molar-refractivity contribution >= 4 is 5.82 Å². The van der Waals surface area contributed by atoms with Gasteiger partial charge in [0, 0.05) is 11.8 Å².